The van der Waals surface area contributed by atoms with Gasteiger partial charge in [0.2, 0.25) is 5.88 Å². The molecule has 154 valence electrons. The van der Waals surface area contributed by atoms with Crippen LogP contribution in [-0.4, -0.2) is 36.7 Å². The van der Waals surface area contributed by atoms with Crippen LogP contribution in [0.25, 0.3) is 11.3 Å². The fourth-order valence-electron chi connectivity index (χ4n) is 2.35. The van der Waals surface area contributed by atoms with Gasteiger partial charge < -0.3 is 4.74 Å². The van der Waals surface area contributed by atoms with E-state index in [2.05, 4.69) is 9.97 Å². The first kappa shape index (κ1) is 22.0. The number of benzene rings is 1. The van der Waals surface area contributed by atoms with Crippen molar-refractivity contribution in [2.75, 3.05) is 12.4 Å². The van der Waals surface area contributed by atoms with E-state index in [1.807, 2.05) is 0 Å². The Bertz CT molecular complexity index is 970. The molecule has 1 aromatic heterocycles. The van der Waals surface area contributed by atoms with Gasteiger partial charge in [0.25, 0.3) is 5.92 Å². The molecule has 0 amide bonds. The molecule has 0 atom stereocenters. The second-order valence-corrected chi connectivity index (χ2v) is 8.37. The van der Waals surface area contributed by atoms with Crippen LogP contribution in [0.2, 0.25) is 0 Å². The Morgan fingerprint density at radius 2 is 1.75 bits per heavy atom. The molecule has 0 saturated carbocycles. The Labute approximate surface area is 158 Å². The van der Waals surface area contributed by atoms with Gasteiger partial charge in [0.05, 0.1) is 21.9 Å². The molecular formula is C17H17F5N2O3S. The van der Waals surface area contributed by atoms with E-state index in [9.17, 15) is 30.4 Å². The maximum Gasteiger partial charge on any atom is 0.416 e. The van der Waals surface area contributed by atoms with Gasteiger partial charge in [-0.15, -0.1) is 0 Å². The third-order valence-electron chi connectivity index (χ3n) is 3.78. The molecule has 0 radical (unpaired) electrons. The number of rotatable bonds is 6. The molecule has 0 spiro atoms. The van der Waals surface area contributed by atoms with E-state index >= 15 is 0 Å². The SMILES string of the molecule is CCS(=O)(=O)c1cc(C(F)(F)F)ccc1-c1ncnc(OCC(C)(F)F)c1C. The lowest BCUT2D eigenvalue weighted by Gasteiger charge is -2.16. The highest BCUT2D eigenvalue weighted by molar-refractivity contribution is 7.91. The maximum absolute atomic E-state index is 13.0. The summed E-state index contributed by atoms with van der Waals surface area (Å²) in [5, 5.41) is 0. The normalized spacial score (nSPS) is 12.9. The second kappa shape index (κ2) is 7.61. The van der Waals surface area contributed by atoms with Crippen LogP contribution >= 0.6 is 0 Å². The minimum absolute atomic E-state index is 0.0230. The zero-order valence-electron chi connectivity index (χ0n) is 15.1. The summed E-state index contributed by atoms with van der Waals surface area (Å²) in [6, 6.07) is 2.25. The number of aromatic nitrogens is 2. The summed E-state index contributed by atoms with van der Waals surface area (Å²) in [5.41, 5.74) is -1.12. The van der Waals surface area contributed by atoms with Crippen LogP contribution in [-0.2, 0) is 16.0 Å². The van der Waals surface area contributed by atoms with E-state index in [1.165, 1.54) is 13.8 Å². The van der Waals surface area contributed by atoms with Crippen LogP contribution in [0, 0.1) is 6.92 Å². The number of alkyl halides is 5. The van der Waals surface area contributed by atoms with Gasteiger partial charge in [-0.3, -0.25) is 0 Å². The molecule has 28 heavy (non-hydrogen) atoms. The first-order valence-corrected chi connectivity index (χ1v) is 9.68. The first-order chi connectivity index (χ1) is 12.8. The van der Waals surface area contributed by atoms with Crippen LogP contribution < -0.4 is 4.74 Å². The van der Waals surface area contributed by atoms with E-state index in [1.54, 1.807) is 0 Å². The Morgan fingerprint density at radius 1 is 1.11 bits per heavy atom. The molecule has 1 aromatic carbocycles. The first-order valence-electron chi connectivity index (χ1n) is 8.03. The Hall–Kier alpha value is -2.30. The molecule has 1 heterocycles. The Morgan fingerprint density at radius 3 is 2.29 bits per heavy atom. The molecule has 5 nitrogen and oxygen atoms in total. The average Bonchev–Trinajstić information content (AvgIpc) is 2.59. The van der Waals surface area contributed by atoms with Crippen molar-refractivity contribution >= 4 is 9.84 Å². The summed E-state index contributed by atoms with van der Waals surface area (Å²) in [5.74, 6) is -3.79. The smallest absolute Gasteiger partial charge is 0.416 e. The second-order valence-electron chi connectivity index (χ2n) is 6.12. The summed E-state index contributed by atoms with van der Waals surface area (Å²) in [6.45, 7) is 2.37. The largest absolute Gasteiger partial charge is 0.471 e. The topological polar surface area (TPSA) is 69.2 Å². The van der Waals surface area contributed by atoms with Gasteiger partial charge in [-0.05, 0) is 19.1 Å². The van der Waals surface area contributed by atoms with Crippen LogP contribution in [0.4, 0.5) is 22.0 Å². The lowest BCUT2D eigenvalue weighted by Crippen LogP contribution is -2.21. The van der Waals surface area contributed by atoms with E-state index in [0.29, 0.717) is 13.0 Å². The summed E-state index contributed by atoms with van der Waals surface area (Å²) in [4.78, 5) is 7.11. The summed E-state index contributed by atoms with van der Waals surface area (Å²) in [7, 11) is -4.05. The van der Waals surface area contributed by atoms with E-state index in [0.717, 1.165) is 18.5 Å². The molecule has 0 aliphatic heterocycles. The van der Waals surface area contributed by atoms with Crippen molar-refractivity contribution in [1.29, 1.82) is 0 Å². The van der Waals surface area contributed by atoms with Gasteiger partial charge in [-0.2, -0.15) is 13.2 Å². The summed E-state index contributed by atoms with van der Waals surface area (Å²) >= 11 is 0. The molecule has 0 saturated heterocycles. The van der Waals surface area contributed by atoms with E-state index in [4.69, 9.17) is 4.74 Å². The predicted octanol–water partition coefficient (Wildman–Crippen LogP) is 4.30. The highest BCUT2D eigenvalue weighted by Gasteiger charge is 2.33. The Kier molecular flexibility index (Phi) is 5.98. The quantitative estimate of drug-likeness (QED) is 0.647. The Balaban J connectivity index is 2.65. The summed E-state index contributed by atoms with van der Waals surface area (Å²) < 4.78 is 94.9. The number of ether oxygens (including phenoxy) is 1. The molecule has 0 aliphatic carbocycles. The van der Waals surface area contributed by atoms with Crippen molar-refractivity contribution in [3.05, 3.63) is 35.7 Å². The number of halogens is 5. The molecule has 11 heteroatoms. The van der Waals surface area contributed by atoms with Crippen molar-refractivity contribution < 1.29 is 35.1 Å². The standard InChI is InChI=1S/C17H17F5N2O3S/c1-4-28(25,26)13-7-11(17(20,21)22)5-6-12(13)14-10(2)15(24-9-23-14)27-8-16(3,18)19/h5-7,9H,4,8H2,1-3H3. The monoisotopic (exact) mass is 424 g/mol. The van der Waals surface area contributed by atoms with E-state index in [-0.39, 0.29) is 22.7 Å². The molecule has 0 aliphatic rings. The van der Waals surface area contributed by atoms with Crippen molar-refractivity contribution in [2.24, 2.45) is 0 Å². The zero-order valence-corrected chi connectivity index (χ0v) is 16.0. The van der Waals surface area contributed by atoms with Gasteiger partial charge in [0.1, 0.15) is 6.33 Å². The molecule has 2 rings (SSSR count). The lowest BCUT2D eigenvalue weighted by molar-refractivity contribution is -0.137. The highest BCUT2D eigenvalue weighted by Crippen LogP contribution is 2.37. The molecule has 0 unspecified atom stereocenters. The fraction of sp³-hybridized carbons (Fsp3) is 0.412. The number of hydrogen-bond donors (Lipinski definition) is 0. The minimum atomic E-state index is -4.74. The highest BCUT2D eigenvalue weighted by atomic mass is 32.2. The van der Waals surface area contributed by atoms with Gasteiger partial charge in [0.15, 0.2) is 16.4 Å². The van der Waals surface area contributed by atoms with Gasteiger partial charge in [0, 0.05) is 18.1 Å². The van der Waals surface area contributed by atoms with Crippen LogP contribution in [0.1, 0.15) is 25.0 Å². The molecule has 0 bridgehead atoms. The molecular weight excluding hydrogens is 407 g/mol. The molecule has 0 N–H and O–H groups in total. The van der Waals surface area contributed by atoms with Gasteiger partial charge in [-0.1, -0.05) is 13.0 Å². The van der Waals surface area contributed by atoms with Crippen molar-refractivity contribution in [2.45, 2.75) is 37.8 Å². The van der Waals surface area contributed by atoms with Gasteiger partial charge >= 0.3 is 6.18 Å². The summed E-state index contributed by atoms with van der Waals surface area (Å²) in [6.07, 6.45) is -3.77. The third-order valence-corrected chi connectivity index (χ3v) is 5.55. The van der Waals surface area contributed by atoms with Crippen LogP contribution in [0.15, 0.2) is 29.4 Å². The van der Waals surface area contributed by atoms with Crippen molar-refractivity contribution in [3.63, 3.8) is 0 Å². The van der Waals surface area contributed by atoms with Crippen molar-refractivity contribution in [1.82, 2.24) is 9.97 Å². The van der Waals surface area contributed by atoms with Gasteiger partial charge in [-0.25, -0.2) is 27.2 Å². The third kappa shape index (κ3) is 4.94. The van der Waals surface area contributed by atoms with Crippen molar-refractivity contribution in [3.8, 4) is 17.1 Å². The zero-order chi connectivity index (χ0) is 21.3. The minimum Gasteiger partial charge on any atom is -0.471 e. The number of hydrogen-bond acceptors (Lipinski definition) is 5. The van der Waals surface area contributed by atoms with Crippen LogP contribution in [0.5, 0.6) is 5.88 Å². The van der Waals surface area contributed by atoms with Crippen LogP contribution in [0.3, 0.4) is 0 Å². The number of nitrogens with zero attached hydrogens (tertiary/aromatic N) is 2. The average molecular weight is 424 g/mol. The lowest BCUT2D eigenvalue weighted by atomic mass is 10.1. The molecule has 0 fully saturated rings. The molecule has 2 aromatic rings. The number of sulfone groups is 1. The predicted molar refractivity (Wildman–Crippen MR) is 91.0 cm³/mol. The van der Waals surface area contributed by atoms with E-state index < -0.39 is 44.8 Å². The maximum atomic E-state index is 13.0. The fourth-order valence-corrected chi connectivity index (χ4v) is 3.47.